The van der Waals surface area contributed by atoms with Crippen molar-refractivity contribution in [1.82, 2.24) is 25.2 Å². The van der Waals surface area contributed by atoms with Crippen molar-refractivity contribution >= 4 is 28.5 Å². The number of carbonyl (C=O) groups is 1. The Morgan fingerprint density at radius 1 is 1.23 bits per heavy atom. The Kier molecular flexibility index (Phi) is 5.03. The van der Waals surface area contributed by atoms with Crippen LogP contribution in [0.3, 0.4) is 0 Å². The summed E-state index contributed by atoms with van der Waals surface area (Å²) in [5.74, 6) is 0.911. The quantitative estimate of drug-likeness (QED) is 0.438. The number of benzene rings is 1. The molecule has 0 spiro atoms. The van der Waals surface area contributed by atoms with E-state index in [-0.39, 0.29) is 12.6 Å². The van der Waals surface area contributed by atoms with Crippen molar-refractivity contribution in [3.63, 3.8) is 0 Å². The van der Waals surface area contributed by atoms with Gasteiger partial charge in [0.1, 0.15) is 5.76 Å². The number of fused-ring (bicyclic) bond motifs is 2. The molecule has 0 N–H and O–H groups in total. The Hall–Kier alpha value is -3.81. The van der Waals surface area contributed by atoms with Crippen LogP contribution < -0.4 is 0 Å². The van der Waals surface area contributed by atoms with E-state index in [0.29, 0.717) is 17.9 Å². The standard InChI is InChI=1S/C23H21N5O3/c1-2-11-28-20(25-26-27-28)14-31-23(29)21-17-7-3-4-8-19(17)24-22-15(9-10-18(21)22)13-16-6-5-12-30-16/h3-8,12-13H,2,9-11,14H2,1H3/b15-13+. The van der Waals surface area contributed by atoms with Crippen LogP contribution >= 0.6 is 0 Å². The predicted octanol–water partition coefficient (Wildman–Crippen LogP) is 4.07. The predicted molar refractivity (Wildman–Crippen MR) is 114 cm³/mol. The van der Waals surface area contributed by atoms with Crippen molar-refractivity contribution in [3.8, 4) is 0 Å². The molecule has 5 rings (SSSR count). The number of hydrogen-bond acceptors (Lipinski definition) is 7. The van der Waals surface area contributed by atoms with E-state index in [2.05, 4.69) is 15.5 Å². The largest absolute Gasteiger partial charge is 0.465 e. The molecule has 0 radical (unpaired) electrons. The van der Waals surface area contributed by atoms with Gasteiger partial charge in [-0.25, -0.2) is 14.5 Å². The number of esters is 1. The highest BCUT2D eigenvalue weighted by atomic mass is 16.5. The van der Waals surface area contributed by atoms with Crippen molar-refractivity contribution in [2.45, 2.75) is 39.3 Å². The average molecular weight is 415 g/mol. The smallest absolute Gasteiger partial charge is 0.339 e. The summed E-state index contributed by atoms with van der Waals surface area (Å²) < 4.78 is 12.8. The van der Waals surface area contributed by atoms with Gasteiger partial charge in [-0.15, -0.1) is 5.10 Å². The van der Waals surface area contributed by atoms with Gasteiger partial charge in [-0.2, -0.15) is 0 Å². The number of aromatic nitrogens is 5. The third-order valence-corrected chi connectivity index (χ3v) is 5.38. The Morgan fingerprint density at radius 3 is 2.97 bits per heavy atom. The molecule has 1 aliphatic carbocycles. The summed E-state index contributed by atoms with van der Waals surface area (Å²) >= 11 is 0. The lowest BCUT2D eigenvalue weighted by Gasteiger charge is -2.12. The molecule has 0 bridgehead atoms. The summed E-state index contributed by atoms with van der Waals surface area (Å²) in [7, 11) is 0. The minimum atomic E-state index is -0.389. The van der Waals surface area contributed by atoms with Gasteiger partial charge in [0.25, 0.3) is 0 Å². The van der Waals surface area contributed by atoms with E-state index in [1.165, 1.54) is 0 Å². The fourth-order valence-corrected chi connectivity index (χ4v) is 3.97. The van der Waals surface area contributed by atoms with Crippen molar-refractivity contribution in [2.75, 3.05) is 0 Å². The fraction of sp³-hybridized carbons (Fsp3) is 0.261. The number of para-hydroxylation sites is 1. The first-order valence-corrected chi connectivity index (χ1v) is 10.3. The molecule has 1 aromatic carbocycles. The number of aryl methyl sites for hydroxylation is 1. The van der Waals surface area contributed by atoms with Crippen LogP contribution in [0.5, 0.6) is 0 Å². The molecule has 4 aromatic rings. The number of tetrazole rings is 1. The van der Waals surface area contributed by atoms with Crippen LogP contribution in [0.2, 0.25) is 0 Å². The molecular formula is C23H21N5O3. The van der Waals surface area contributed by atoms with Crippen LogP contribution in [0.4, 0.5) is 0 Å². The molecule has 3 heterocycles. The summed E-state index contributed by atoms with van der Waals surface area (Å²) in [6.45, 7) is 2.73. The number of pyridine rings is 1. The van der Waals surface area contributed by atoms with E-state index in [4.69, 9.17) is 14.1 Å². The van der Waals surface area contributed by atoms with E-state index in [0.717, 1.165) is 52.8 Å². The van der Waals surface area contributed by atoms with E-state index < -0.39 is 0 Å². The number of furan rings is 1. The summed E-state index contributed by atoms with van der Waals surface area (Å²) in [5.41, 5.74) is 4.12. The van der Waals surface area contributed by atoms with Gasteiger partial charge in [-0.3, -0.25) is 0 Å². The van der Waals surface area contributed by atoms with E-state index in [1.54, 1.807) is 10.9 Å². The lowest BCUT2D eigenvalue weighted by atomic mass is 10.0. The molecule has 0 unspecified atom stereocenters. The molecule has 31 heavy (non-hydrogen) atoms. The van der Waals surface area contributed by atoms with Crippen LogP contribution in [0.25, 0.3) is 22.6 Å². The number of allylic oxidation sites excluding steroid dienone is 1. The van der Waals surface area contributed by atoms with Crippen LogP contribution in [0.15, 0.2) is 47.1 Å². The van der Waals surface area contributed by atoms with Crippen LogP contribution in [-0.2, 0) is 24.3 Å². The molecule has 8 nitrogen and oxygen atoms in total. The highest BCUT2D eigenvalue weighted by molar-refractivity contribution is 6.07. The molecule has 156 valence electrons. The van der Waals surface area contributed by atoms with Crippen molar-refractivity contribution < 1.29 is 13.9 Å². The molecular weight excluding hydrogens is 394 g/mol. The first kappa shape index (κ1) is 19.2. The normalized spacial score (nSPS) is 14.3. The highest BCUT2D eigenvalue weighted by Crippen LogP contribution is 2.37. The van der Waals surface area contributed by atoms with Gasteiger partial charge in [0.05, 0.1) is 23.0 Å². The van der Waals surface area contributed by atoms with Crippen molar-refractivity contribution in [2.24, 2.45) is 0 Å². The Morgan fingerprint density at radius 2 is 2.13 bits per heavy atom. The van der Waals surface area contributed by atoms with Crippen molar-refractivity contribution in [1.29, 1.82) is 0 Å². The molecule has 0 saturated heterocycles. The average Bonchev–Trinajstić information content (AvgIpc) is 3.53. The maximum absolute atomic E-state index is 13.2. The molecule has 0 atom stereocenters. The Labute approximate surface area is 178 Å². The second kappa shape index (κ2) is 8.14. The lowest BCUT2D eigenvalue weighted by molar-refractivity contribution is 0.0457. The van der Waals surface area contributed by atoms with E-state index in [9.17, 15) is 4.79 Å². The maximum atomic E-state index is 13.2. The number of nitrogens with zero attached hydrogens (tertiary/aromatic N) is 5. The molecule has 8 heteroatoms. The maximum Gasteiger partial charge on any atom is 0.339 e. The number of ether oxygens (including phenoxy) is 1. The molecule has 0 saturated carbocycles. The zero-order chi connectivity index (χ0) is 21.2. The van der Waals surface area contributed by atoms with Gasteiger partial charge in [0.2, 0.25) is 0 Å². The molecule has 0 aliphatic heterocycles. The Bertz CT molecular complexity index is 1270. The number of rotatable bonds is 6. The molecule has 1 aliphatic rings. The van der Waals surface area contributed by atoms with E-state index in [1.807, 2.05) is 49.4 Å². The van der Waals surface area contributed by atoms with E-state index >= 15 is 0 Å². The summed E-state index contributed by atoms with van der Waals surface area (Å²) in [5, 5.41) is 12.4. The second-order valence-electron chi connectivity index (χ2n) is 7.41. The zero-order valence-electron chi connectivity index (χ0n) is 17.1. The monoisotopic (exact) mass is 415 g/mol. The topological polar surface area (TPSA) is 95.9 Å². The van der Waals surface area contributed by atoms with Crippen LogP contribution in [-0.4, -0.2) is 31.2 Å². The Balaban J connectivity index is 1.52. The molecule has 0 fully saturated rings. The van der Waals surface area contributed by atoms with Gasteiger partial charge in [0, 0.05) is 11.9 Å². The first-order chi connectivity index (χ1) is 15.2. The van der Waals surface area contributed by atoms with Gasteiger partial charge in [-0.1, -0.05) is 25.1 Å². The molecule has 3 aromatic heterocycles. The molecule has 0 amide bonds. The lowest BCUT2D eigenvalue weighted by Crippen LogP contribution is -2.13. The van der Waals surface area contributed by atoms with Gasteiger partial charge >= 0.3 is 5.97 Å². The summed E-state index contributed by atoms with van der Waals surface area (Å²) in [4.78, 5) is 18.1. The first-order valence-electron chi connectivity index (χ1n) is 10.3. The summed E-state index contributed by atoms with van der Waals surface area (Å²) in [6, 6.07) is 11.4. The second-order valence-corrected chi connectivity index (χ2v) is 7.41. The van der Waals surface area contributed by atoms with Gasteiger partial charge in [0.15, 0.2) is 12.4 Å². The van der Waals surface area contributed by atoms with Gasteiger partial charge in [-0.05, 0) is 65.1 Å². The third kappa shape index (κ3) is 3.61. The fourth-order valence-electron chi connectivity index (χ4n) is 3.97. The highest BCUT2D eigenvalue weighted by Gasteiger charge is 2.28. The van der Waals surface area contributed by atoms with Crippen LogP contribution in [0.1, 0.15) is 53.0 Å². The number of hydrogen-bond donors (Lipinski definition) is 0. The third-order valence-electron chi connectivity index (χ3n) is 5.38. The van der Waals surface area contributed by atoms with Crippen molar-refractivity contribution in [3.05, 3.63) is 71.1 Å². The zero-order valence-corrected chi connectivity index (χ0v) is 17.1. The SMILES string of the molecule is CCCn1nnnc1COC(=O)c1c2c(nc3ccccc13)/C(=C/c1ccco1)CC2. The van der Waals surface area contributed by atoms with Gasteiger partial charge < -0.3 is 9.15 Å². The number of carbonyl (C=O) groups excluding carboxylic acids is 1. The van der Waals surface area contributed by atoms with Crippen LogP contribution in [0, 0.1) is 0 Å². The minimum absolute atomic E-state index is 0.0202. The minimum Gasteiger partial charge on any atom is -0.465 e. The summed E-state index contributed by atoms with van der Waals surface area (Å²) in [6.07, 6.45) is 6.03.